The van der Waals surface area contributed by atoms with Crippen molar-refractivity contribution in [1.82, 2.24) is 14.9 Å². The van der Waals surface area contributed by atoms with Crippen molar-refractivity contribution in [1.29, 1.82) is 0 Å². The highest BCUT2D eigenvalue weighted by Crippen LogP contribution is 2.31. The lowest BCUT2D eigenvalue weighted by Crippen LogP contribution is -2.36. The van der Waals surface area contributed by atoms with Gasteiger partial charge in [0.1, 0.15) is 16.7 Å². The van der Waals surface area contributed by atoms with Crippen molar-refractivity contribution >= 4 is 34.3 Å². The number of fused-ring (bicyclic) bond motifs is 1. The maximum absolute atomic E-state index is 14.1. The fourth-order valence-electron chi connectivity index (χ4n) is 3.04. The summed E-state index contributed by atoms with van der Waals surface area (Å²) in [4.78, 5) is 11.8. The summed E-state index contributed by atoms with van der Waals surface area (Å²) < 4.78 is 19.5. The molecule has 0 amide bonds. The minimum atomic E-state index is -0.290. The molecule has 7 heteroatoms. The first-order chi connectivity index (χ1) is 13.2. The number of halogens is 2. The van der Waals surface area contributed by atoms with Crippen LogP contribution in [-0.4, -0.2) is 41.2 Å². The second-order valence-electron chi connectivity index (χ2n) is 6.34. The first-order valence-electron chi connectivity index (χ1n) is 8.82. The van der Waals surface area contributed by atoms with E-state index in [1.165, 1.54) is 17.8 Å². The number of rotatable bonds is 5. The predicted octanol–water partition coefficient (Wildman–Crippen LogP) is 4.55. The number of hydrogen-bond donors (Lipinski definition) is 0. The third kappa shape index (κ3) is 4.41. The smallest absolute Gasteiger partial charge is 0.144 e. The molecule has 0 radical (unpaired) electrons. The molecule has 0 saturated carbocycles. The van der Waals surface area contributed by atoms with Gasteiger partial charge in [-0.25, -0.2) is 14.4 Å². The minimum Gasteiger partial charge on any atom is -0.379 e. The van der Waals surface area contributed by atoms with Crippen LogP contribution >= 0.6 is 23.4 Å². The minimum absolute atomic E-state index is 0.290. The van der Waals surface area contributed by atoms with Crippen LogP contribution in [0.5, 0.6) is 0 Å². The molecule has 0 spiro atoms. The SMILES string of the molecule is Fc1cccc(Cl)c1CSc1nc(CN2CCOCC2)nc2ccccc12. The summed E-state index contributed by atoms with van der Waals surface area (Å²) in [6.07, 6.45) is 0. The largest absolute Gasteiger partial charge is 0.379 e. The second-order valence-corrected chi connectivity index (χ2v) is 7.71. The molecular formula is C20H19ClFN3OS. The summed E-state index contributed by atoms with van der Waals surface area (Å²) in [5, 5.41) is 2.26. The molecule has 0 N–H and O–H groups in total. The molecule has 1 aliphatic heterocycles. The summed E-state index contributed by atoms with van der Waals surface area (Å²) in [5.74, 6) is 0.906. The van der Waals surface area contributed by atoms with E-state index in [1.54, 1.807) is 12.1 Å². The van der Waals surface area contributed by atoms with Crippen LogP contribution in [0.3, 0.4) is 0 Å². The maximum atomic E-state index is 14.1. The Morgan fingerprint density at radius 1 is 1.07 bits per heavy atom. The predicted molar refractivity (Wildman–Crippen MR) is 107 cm³/mol. The Morgan fingerprint density at radius 2 is 1.89 bits per heavy atom. The molecule has 0 unspecified atom stereocenters. The fourth-order valence-corrected chi connectivity index (χ4v) is 4.43. The molecular weight excluding hydrogens is 385 g/mol. The number of ether oxygens (including phenoxy) is 1. The van der Waals surface area contributed by atoms with Crippen LogP contribution in [-0.2, 0) is 17.0 Å². The number of morpholine rings is 1. The normalized spacial score (nSPS) is 15.3. The highest BCUT2D eigenvalue weighted by atomic mass is 35.5. The van der Waals surface area contributed by atoms with Crippen LogP contribution in [0.15, 0.2) is 47.5 Å². The van der Waals surface area contributed by atoms with Crippen LogP contribution in [0.2, 0.25) is 5.02 Å². The van der Waals surface area contributed by atoms with Crippen LogP contribution in [0.25, 0.3) is 10.9 Å². The van der Waals surface area contributed by atoms with Crippen molar-refractivity contribution in [3.05, 3.63) is 64.7 Å². The van der Waals surface area contributed by atoms with Crippen molar-refractivity contribution in [2.75, 3.05) is 26.3 Å². The van der Waals surface area contributed by atoms with Gasteiger partial charge in [-0.2, -0.15) is 0 Å². The number of nitrogens with zero attached hydrogens (tertiary/aromatic N) is 3. The van der Waals surface area contributed by atoms with Gasteiger partial charge in [-0.1, -0.05) is 35.9 Å². The number of benzene rings is 2. The molecule has 3 aromatic rings. The Bertz CT molecular complexity index is 929. The lowest BCUT2D eigenvalue weighted by atomic mass is 10.2. The molecule has 4 nitrogen and oxygen atoms in total. The average molecular weight is 404 g/mol. The molecule has 0 aliphatic carbocycles. The number of thioether (sulfide) groups is 1. The molecule has 1 aromatic heterocycles. The third-order valence-electron chi connectivity index (χ3n) is 4.50. The molecule has 2 heterocycles. The average Bonchev–Trinajstić information content (AvgIpc) is 2.68. The summed E-state index contributed by atoms with van der Waals surface area (Å²) in [5.41, 5.74) is 1.40. The van der Waals surface area contributed by atoms with Gasteiger partial charge in [0.05, 0.1) is 25.3 Å². The number of para-hydroxylation sites is 1. The summed E-state index contributed by atoms with van der Waals surface area (Å²) in [7, 11) is 0. The Morgan fingerprint density at radius 3 is 2.70 bits per heavy atom. The third-order valence-corrected chi connectivity index (χ3v) is 5.87. The Hall–Kier alpha value is -1.73. The molecule has 1 fully saturated rings. The van der Waals surface area contributed by atoms with E-state index in [2.05, 4.69) is 4.90 Å². The topological polar surface area (TPSA) is 38.2 Å². The zero-order chi connectivity index (χ0) is 18.6. The molecule has 2 aromatic carbocycles. The van der Waals surface area contributed by atoms with Crippen LogP contribution in [0.4, 0.5) is 4.39 Å². The van der Waals surface area contributed by atoms with Crippen molar-refractivity contribution < 1.29 is 9.13 Å². The second kappa shape index (κ2) is 8.52. The molecule has 0 bridgehead atoms. The summed E-state index contributed by atoms with van der Waals surface area (Å²) in [6.45, 7) is 3.91. The van der Waals surface area contributed by atoms with Gasteiger partial charge in [-0.3, -0.25) is 4.90 Å². The van der Waals surface area contributed by atoms with Gasteiger partial charge in [0.2, 0.25) is 0 Å². The monoisotopic (exact) mass is 403 g/mol. The van der Waals surface area contributed by atoms with Gasteiger partial charge >= 0.3 is 0 Å². The molecule has 140 valence electrons. The van der Waals surface area contributed by atoms with E-state index >= 15 is 0 Å². The molecule has 27 heavy (non-hydrogen) atoms. The van der Waals surface area contributed by atoms with E-state index in [9.17, 15) is 4.39 Å². The van der Waals surface area contributed by atoms with Gasteiger partial charge in [-0.05, 0) is 18.2 Å². The highest BCUT2D eigenvalue weighted by molar-refractivity contribution is 7.98. The van der Waals surface area contributed by atoms with Gasteiger partial charge in [-0.15, -0.1) is 11.8 Å². The van der Waals surface area contributed by atoms with E-state index in [0.29, 0.717) is 22.9 Å². The maximum Gasteiger partial charge on any atom is 0.144 e. The highest BCUT2D eigenvalue weighted by Gasteiger charge is 2.15. The number of hydrogen-bond acceptors (Lipinski definition) is 5. The fraction of sp³-hybridized carbons (Fsp3) is 0.300. The van der Waals surface area contributed by atoms with Crippen molar-refractivity contribution in [2.45, 2.75) is 17.3 Å². The quantitative estimate of drug-likeness (QED) is 0.461. The summed E-state index contributed by atoms with van der Waals surface area (Å²) >= 11 is 7.66. The van der Waals surface area contributed by atoms with Crippen molar-refractivity contribution in [2.24, 2.45) is 0 Å². The van der Waals surface area contributed by atoms with E-state index in [0.717, 1.165) is 48.1 Å². The van der Waals surface area contributed by atoms with E-state index in [4.69, 9.17) is 26.3 Å². The van der Waals surface area contributed by atoms with E-state index in [-0.39, 0.29) is 5.82 Å². The lowest BCUT2D eigenvalue weighted by Gasteiger charge is -2.25. The summed E-state index contributed by atoms with van der Waals surface area (Å²) in [6, 6.07) is 12.7. The number of aromatic nitrogens is 2. The lowest BCUT2D eigenvalue weighted by molar-refractivity contribution is 0.0330. The molecule has 0 atom stereocenters. The van der Waals surface area contributed by atoms with E-state index < -0.39 is 0 Å². The first-order valence-corrected chi connectivity index (χ1v) is 10.2. The van der Waals surface area contributed by atoms with Gasteiger partial charge in [0.25, 0.3) is 0 Å². The van der Waals surface area contributed by atoms with Gasteiger partial charge in [0.15, 0.2) is 0 Å². The van der Waals surface area contributed by atoms with Crippen molar-refractivity contribution in [3.8, 4) is 0 Å². The zero-order valence-electron chi connectivity index (χ0n) is 14.7. The van der Waals surface area contributed by atoms with Gasteiger partial charge < -0.3 is 4.74 Å². The van der Waals surface area contributed by atoms with Crippen LogP contribution < -0.4 is 0 Å². The van der Waals surface area contributed by atoms with E-state index in [1.807, 2.05) is 24.3 Å². The zero-order valence-corrected chi connectivity index (χ0v) is 16.3. The van der Waals surface area contributed by atoms with Crippen LogP contribution in [0, 0.1) is 5.82 Å². The van der Waals surface area contributed by atoms with Crippen molar-refractivity contribution in [3.63, 3.8) is 0 Å². The first kappa shape index (κ1) is 18.6. The Kier molecular flexibility index (Phi) is 5.88. The molecule has 4 rings (SSSR count). The standard InChI is InChI=1S/C20H19ClFN3OS/c21-16-5-3-6-17(22)15(16)13-27-20-14-4-1-2-7-18(14)23-19(24-20)12-25-8-10-26-11-9-25/h1-7H,8-13H2. The van der Waals surface area contributed by atoms with Crippen LogP contribution in [0.1, 0.15) is 11.4 Å². The molecule has 1 aliphatic rings. The Labute approximate surface area is 166 Å². The Balaban J connectivity index is 1.62. The molecule has 1 saturated heterocycles. The van der Waals surface area contributed by atoms with Gasteiger partial charge in [0, 0.05) is 34.8 Å².